The van der Waals surface area contributed by atoms with Gasteiger partial charge in [0.25, 0.3) is 0 Å². The molecule has 1 atom stereocenters. The molecule has 33 heavy (non-hydrogen) atoms. The third-order valence-corrected chi connectivity index (χ3v) is 8.01. The van der Waals surface area contributed by atoms with Crippen LogP contribution < -0.4 is 0 Å². The van der Waals surface area contributed by atoms with E-state index < -0.39 is 0 Å². The van der Waals surface area contributed by atoms with Crippen molar-refractivity contribution in [1.82, 2.24) is 0 Å². The zero-order valence-electron chi connectivity index (χ0n) is 24.1. The van der Waals surface area contributed by atoms with Gasteiger partial charge in [-0.25, -0.2) is 0 Å². The van der Waals surface area contributed by atoms with E-state index in [9.17, 15) is 0 Å². The fourth-order valence-corrected chi connectivity index (χ4v) is 5.44. The Morgan fingerprint density at radius 3 is 0.788 bits per heavy atom. The van der Waals surface area contributed by atoms with Crippen molar-refractivity contribution in [3.63, 3.8) is 0 Å². The first-order chi connectivity index (χ1) is 16.3. The van der Waals surface area contributed by atoms with Crippen molar-refractivity contribution in [3.05, 3.63) is 0 Å². The molecule has 0 heteroatoms. The molecule has 0 aliphatic rings. The maximum absolute atomic E-state index is 2.39. The third-order valence-electron chi connectivity index (χ3n) is 8.01. The van der Waals surface area contributed by atoms with Crippen LogP contribution in [0.4, 0.5) is 0 Å². The van der Waals surface area contributed by atoms with Gasteiger partial charge in [-0.05, 0) is 5.92 Å². The lowest BCUT2D eigenvalue weighted by Crippen LogP contribution is -1.98. The molecule has 0 amide bonds. The molecule has 0 rings (SSSR count). The quantitative estimate of drug-likeness (QED) is 0.0965. The second-order valence-electron chi connectivity index (χ2n) is 11.3. The van der Waals surface area contributed by atoms with E-state index in [0.717, 1.165) is 5.92 Å². The maximum atomic E-state index is 2.39. The molecule has 0 aromatic carbocycles. The molecule has 0 radical (unpaired) electrons. The molecule has 0 spiro atoms. The van der Waals surface area contributed by atoms with Gasteiger partial charge < -0.3 is 0 Å². The molecule has 0 aromatic rings. The van der Waals surface area contributed by atoms with Crippen LogP contribution in [0.1, 0.15) is 207 Å². The van der Waals surface area contributed by atoms with E-state index in [1.54, 1.807) is 0 Å². The van der Waals surface area contributed by atoms with Crippen LogP contribution in [0, 0.1) is 5.92 Å². The molecular weight excluding hydrogens is 396 g/mol. The Morgan fingerprint density at radius 1 is 0.273 bits per heavy atom. The summed E-state index contributed by atoms with van der Waals surface area (Å²) < 4.78 is 0. The molecule has 0 saturated carbocycles. The van der Waals surface area contributed by atoms with E-state index in [1.165, 1.54) is 186 Å². The normalized spacial score (nSPS) is 12.5. The van der Waals surface area contributed by atoms with Gasteiger partial charge in [-0.3, -0.25) is 0 Å². The van der Waals surface area contributed by atoms with E-state index in [0.29, 0.717) is 0 Å². The van der Waals surface area contributed by atoms with Crippen molar-refractivity contribution in [3.8, 4) is 0 Å². The highest BCUT2D eigenvalue weighted by Crippen LogP contribution is 2.21. The summed E-state index contributed by atoms with van der Waals surface area (Å²) in [6.45, 7) is 7.02. The van der Waals surface area contributed by atoms with Crippen LogP contribution in [-0.2, 0) is 0 Å². The van der Waals surface area contributed by atoms with E-state index in [2.05, 4.69) is 20.8 Å². The number of hydrogen-bond donors (Lipinski definition) is 0. The predicted octanol–water partition coefficient (Wildman–Crippen LogP) is 13.0. The fraction of sp³-hybridized carbons (Fsp3) is 1.00. The van der Waals surface area contributed by atoms with Crippen molar-refractivity contribution in [2.45, 2.75) is 207 Å². The Kier molecular flexibility index (Phi) is 30.0. The van der Waals surface area contributed by atoms with Crippen molar-refractivity contribution in [1.29, 1.82) is 0 Å². The first-order valence-corrected chi connectivity index (χ1v) is 16.3. The van der Waals surface area contributed by atoms with Gasteiger partial charge in [-0.1, -0.05) is 207 Å². The Hall–Kier alpha value is 0. The van der Waals surface area contributed by atoms with Gasteiger partial charge in [0.15, 0.2) is 0 Å². The van der Waals surface area contributed by atoms with Crippen LogP contribution in [0.3, 0.4) is 0 Å². The average Bonchev–Trinajstić information content (AvgIpc) is 2.83. The third kappa shape index (κ3) is 28.1. The zero-order valence-corrected chi connectivity index (χ0v) is 24.1. The topological polar surface area (TPSA) is 0 Å². The molecule has 0 aliphatic carbocycles. The number of unbranched alkanes of at least 4 members (excludes halogenated alkanes) is 24. The summed E-state index contributed by atoms with van der Waals surface area (Å²) in [6.07, 6.45) is 42.8. The minimum atomic E-state index is 1.02. The molecule has 0 saturated heterocycles. The molecule has 1 unspecified atom stereocenters. The molecule has 0 nitrogen and oxygen atoms in total. The van der Waals surface area contributed by atoms with Gasteiger partial charge in [0, 0.05) is 0 Å². The molecule has 0 N–H and O–H groups in total. The van der Waals surface area contributed by atoms with Crippen molar-refractivity contribution >= 4 is 0 Å². The maximum Gasteiger partial charge on any atom is -0.0417 e. The van der Waals surface area contributed by atoms with Crippen LogP contribution >= 0.6 is 0 Å². The smallest absolute Gasteiger partial charge is 0.0417 e. The van der Waals surface area contributed by atoms with Crippen LogP contribution in [0.25, 0.3) is 0 Å². The summed E-state index contributed by atoms with van der Waals surface area (Å²) in [5, 5.41) is 0. The minimum Gasteiger partial charge on any atom is -0.0654 e. The zero-order chi connectivity index (χ0) is 24.1. The minimum absolute atomic E-state index is 1.02. The second-order valence-corrected chi connectivity index (χ2v) is 11.3. The van der Waals surface area contributed by atoms with Gasteiger partial charge in [-0.2, -0.15) is 0 Å². The largest absolute Gasteiger partial charge is 0.0654 e. The van der Waals surface area contributed by atoms with Gasteiger partial charge >= 0.3 is 0 Å². The van der Waals surface area contributed by atoms with E-state index in [4.69, 9.17) is 0 Å². The van der Waals surface area contributed by atoms with Gasteiger partial charge in [0.2, 0.25) is 0 Å². The van der Waals surface area contributed by atoms with Crippen LogP contribution in [0.15, 0.2) is 0 Å². The average molecular weight is 465 g/mol. The van der Waals surface area contributed by atoms with Gasteiger partial charge in [-0.15, -0.1) is 0 Å². The van der Waals surface area contributed by atoms with E-state index in [-0.39, 0.29) is 0 Å². The summed E-state index contributed by atoms with van der Waals surface area (Å²) in [5.41, 5.74) is 0. The molecule has 0 aromatic heterocycles. The summed E-state index contributed by atoms with van der Waals surface area (Å²) >= 11 is 0. The summed E-state index contributed by atoms with van der Waals surface area (Å²) in [4.78, 5) is 0. The Labute approximate surface area is 212 Å². The van der Waals surface area contributed by atoms with E-state index in [1.807, 2.05) is 0 Å². The first-order valence-electron chi connectivity index (χ1n) is 16.3. The van der Waals surface area contributed by atoms with Gasteiger partial charge in [0.1, 0.15) is 0 Å². The lowest BCUT2D eigenvalue weighted by atomic mass is 9.93. The van der Waals surface area contributed by atoms with Crippen LogP contribution in [-0.4, -0.2) is 0 Å². The van der Waals surface area contributed by atoms with Crippen molar-refractivity contribution < 1.29 is 0 Å². The second kappa shape index (κ2) is 30.0. The monoisotopic (exact) mass is 465 g/mol. The van der Waals surface area contributed by atoms with Crippen LogP contribution in [0.5, 0.6) is 0 Å². The van der Waals surface area contributed by atoms with Crippen LogP contribution in [0.2, 0.25) is 0 Å². The SMILES string of the molecule is CCCCCCCCCCCCCCCCCCCCCCCCCCC(CC)CCCC. The number of hydrogen-bond acceptors (Lipinski definition) is 0. The highest BCUT2D eigenvalue weighted by Gasteiger charge is 2.05. The number of rotatable bonds is 29. The van der Waals surface area contributed by atoms with E-state index >= 15 is 0 Å². The summed E-state index contributed by atoms with van der Waals surface area (Å²) in [7, 11) is 0. The molecule has 200 valence electrons. The van der Waals surface area contributed by atoms with Crippen molar-refractivity contribution in [2.75, 3.05) is 0 Å². The Balaban J connectivity index is 3.09. The van der Waals surface area contributed by atoms with Crippen molar-refractivity contribution in [2.24, 2.45) is 5.92 Å². The van der Waals surface area contributed by atoms with Gasteiger partial charge in [0.05, 0.1) is 0 Å². The molecule has 0 bridgehead atoms. The molecule has 0 heterocycles. The standard InChI is InChI=1S/C33H68/c1-4-7-9-10-11-12-13-14-15-16-17-18-19-20-21-22-23-24-25-26-27-28-29-30-32-33(6-3)31-8-5-2/h33H,4-32H2,1-3H3. The molecular formula is C33H68. The highest BCUT2D eigenvalue weighted by atomic mass is 14.1. The predicted molar refractivity (Wildman–Crippen MR) is 154 cm³/mol. The lowest BCUT2D eigenvalue weighted by molar-refractivity contribution is 0.399. The molecule has 0 fully saturated rings. The lowest BCUT2D eigenvalue weighted by Gasteiger charge is -2.13. The molecule has 0 aliphatic heterocycles. The highest BCUT2D eigenvalue weighted by molar-refractivity contribution is 4.58. The fourth-order valence-electron chi connectivity index (χ4n) is 5.44. The Bertz CT molecular complexity index is 320. The summed E-state index contributed by atoms with van der Waals surface area (Å²) in [6, 6.07) is 0. The first kappa shape index (κ1) is 33.0. The summed E-state index contributed by atoms with van der Waals surface area (Å²) in [5.74, 6) is 1.02. The Morgan fingerprint density at radius 2 is 0.515 bits per heavy atom.